The fraction of sp³-hybridized carbons (Fsp3) is 0.545. The van der Waals surface area contributed by atoms with Crippen molar-refractivity contribution < 1.29 is 9.59 Å². The Morgan fingerprint density at radius 1 is 1.13 bits per heavy atom. The molecule has 2 aliphatic heterocycles. The average Bonchev–Trinajstić information content (AvgIpc) is 3.34. The van der Waals surface area contributed by atoms with Crippen LogP contribution in [0.3, 0.4) is 0 Å². The van der Waals surface area contributed by atoms with Gasteiger partial charge in [0.05, 0.1) is 6.04 Å². The Bertz CT molecular complexity index is 864. The second-order valence-electron chi connectivity index (χ2n) is 8.65. The molecule has 2 aromatic rings. The van der Waals surface area contributed by atoms with Crippen molar-refractivity contribution in [1.29, 1.82) is 0 Å². The van der Waals surface area contributed by atoms with Crippen molar-refractivity contribution in [1.82, 2.24) is 29.5 Å². The van der Waals surface area contributed by atoms with Gasteiger partial charge in [-0.05, 0) is 50.6 Å². The van der Waals surface area contributed by atoms with Crippen molar-refractivity contribution >= 4 is 11.8 Å². The molecular formula is C22H30N6O2. The summed E-state index contributed by atoms with van der Waals surface area (Å²) in [4.78, 5) is 36.0. The van der Waals surface area contributed by atoms with Crippen LogP contribution in [0.2, 0.25) is 0 Å². The minimum absolute atomic E-state index is 0.0553. The van der Waals surface area contributed by atoms with Gasteiger partial charge in [-0.25, -0.2) is 9.67 Å². The maximum atomic E-state index is 13.1. The molecule has 0 spiro atoms. The standard InChI is InChI=1S/C22H30N6O2/c1-25(2)11-17-6-8-18(9-7-17)22(30)26-12-19-5-3-4-10-28(20(19)13-26)21(29)14-27-16-23-15-24-27/h6-9,15-16,19-20H,3-5,10-14H2,1-2H3/t19-,20+/m0/s1. The summed E-state index contributed by atoms with van der Waals surface area (Å²) in [5.74, 6) is 0.451. The van der Waals surface area contributed by atoms with Crippen LogP contribution in [0.15, 0.2) is 36.9 Å². The summed E-state index contributed by atoms with van der Waals surface area (Å²) in [7, 11) is 4.06. The van der Waals surface area contributed by atoms with Gasteiger partial charge in [0, 0.05) is 31.7 Å². The molecular weight excluding hydrogens is 380 g/mol. The first-order chi connectivity index (χ1) is 14.5. The number of benzene rings is 1. The van der Waals surface area contributed by atoms with Crippen molar-refractivity contribution in [3.8, 4) is 0 Å². The maximum Gasteiger partial charge on any atom is 0.253 e. The smallest absolute Gasteiger partial charge is 0.253 e. The number of fused-ring (bicyclic) bond motifs is 1. The van der Waals surface area contributed by atoms with Crippen LogP contribution in [-0.4, -0.2) is 81.1 Å². The fourth-order valence-electron chi connectivity index (χ4n) is 4.67. The minimum Gasteiger partial charge on any atom is -0.336 e. The summed E-state index contributed by atoms with van der Waals surface area (Å²) in [5, 5.41) is 4.06. The Balaban J connectivity index is 1.44. The van der Waals surface area contributed by atoms with Gasteiger partial charge in [0.25, 0.3) is 5.91 Å². The lowest BCUT2D eigenvalue weighted by atomic mass is 9.98. The van der Waals surface area contributed by atoms with E-state index >= 15 is 0 Å². The number of carbonyl (C=O) groups is 2. The van der Waals surface area contributed by atoms with Crippen LogP contribution in [-0.2, 0) is 17.9 Å². The van der Waals surface area contributed by atoms with E-state index in [9.17, 15) is 9.59 Å². The number of likely N-dealkylation sites (tertiary alicyclic amines) is 2. The highest BCUT2D eigenvalue weighted by Gasteiger charge is 2.41. The topological polar surface area (TPSA) is 74.6 Å². The van der Waals surface area contributed by atoms with E-state index in [1.807, 2.05) is 48.2 Å². The predicted octanol–water partition coefficient (Wildman–Crippen LogP) is 1.49. The largest absolute Gasteiger partial charge is 0.336 e. The highest BCUT2D eigenvalue weighted by atomic mass is 16.2. The Morgan fingerprint density at radius 2 is 1.93 bits per heavy atom. The molecule has 30 heavy (non-hydrogen) atoms. The van der Waals surface area contributed by atoms with E-state index < -0.39 is 0 Å². The quantitative estimate of drug-likeness (QED) is 0.747. The first-order valence-corrected chi connectivity index (χ1v) is 10.7. The third-order valence-electron chi connectivity index (χ3n) is 6.10. The number of amides is 2. The molecule has 0 saturated carbocycles. The molecule has 0 bridgehead atoms. The summed E-state index contributed by atoms with van der Waals surface area (Å²) in [5.41, 5.74) is 1.91. The van der Waals surface area contributed by atoms with Crippen molar-refractivity contribution in [2.24, 2.45) is 5.92 Å². The molecule has 0 N–H and O–H groups in total. The van der Waals surface area contributed by atoms with Crippen LogP contribution in [0.1, 0.15) is 35.2 Å². The van der Waals surface area contributed by atoms with Crippen LogP contribution < -0.4 is 0 Å². The van der Waals surface area contributed by atoms with Crippen LogP contribution in [0, 0.1) is 5.92 Å². The van der Waals surface area contributed by atoms with Gasteiger partial charge in [-0.2, -0.15) is 5.10 Å². The number of hydrogen-bond donors (Lipinski definition) is 0. The Morgan fingerprint density at radius 3 is 2.63 bits per heavy atom. The Labute approximate surface area is 177 Å². The predicted molar refractivity (Wildman–Crippen MR) is 113 cm³/mol. The third kappa shape index (κ3) is 4.53. The molecule has 1 aromatic carbocycles. The van der Waals surface area contributed by atoms with Crippen LogP contribution in [0.5, 0.6) is 0 Å². The van der Waals surface area contributed by atoms with E-state index in [-0.39, 0.29) is 24.4 Å². The summed E-state index contributed by atoms with van der Waals surface area (Å²) >= 11 is 0. The van der Waals surface area contributed by atoms with Crippen molar-refractivity contribution in [2.45, 2.75) is 38.4 Å². The molecule has 0 unspecified atom stereocenters. The number of carbonyl (C=O) groups excluding carboxylic acids is 2. The van der Waals surface area contributed by atoms with Gasteiger partial charge in [-0.3, -0.25) is 9.59 Å². The van der Waals surface area contributed by atoms with Gasteiger partial charge < -0.3 is 14.7 Å². The number of rotatable bonds is 5. The number of nitrogens with zero attached hydrogens (tertiary/aromatic N) is 6. The van der Waals surface area contributed by atoms with E-state index in [0.29, 0.717) is 12.5 Å². The fourth-order valence-corrected chi connectivity index (χ4v) is 4.67. The molecule has 8 heteroatoms. The van der Waals surface area contributed by atoms with E-state index in [1.165, 1.54) is 11.9 Å². The second kappa shape index (κ2) is 8.95. The van der Waals surface area contributed by atoms with Crippen molar-refractivity contribution in [3.05, 3.63) is 48.0 Å². The zero-order valence-corrected chi connectivity index (χ0v) is 17.8. The SMILES string of the molecule is CN(C)Cc1ccc(C(=O)N2C[C@@H]3CCCCN(C(=O)Cn4cncn4)[C@@H]3C2)cc1. The molecule has 2 aliphatic rings. The Hall–Kier alpha value is -2.74. The van der Waals surface area contributed by atoms with Gasteiger partial charge in [-0.15, -0.1) is 0 Å². The zero-order chi connectivity index (χ0) is 21.1. The number of aromatic nitrogens is 3. The summed E-state index contributed by atoms with van der Waals surface area (Å²) < 4.78 is 1.56. The first kappa shape index (κ1) is 20.5. The van der Waals surface area contributed by atoms with Crippen molar-refractivity contribution in [2.75, 3.05) is 33.7 Å². The lowest BCUT2D eigenvalue weighted by molar-refractivity contribution is -0.134. The molecule has 160 valence electrons. The van der Waals surface area contributed by atoms with Crippen LogP contribution >= 0.6 is 0 Å². The first-order valence-electron chi connectivity index (χ1n) is 10.7. The molecule has 2 amide bonds. The summed E-state index contributed by atoms with van der Waals surface area (Å²) in [6, 6.07) is 7.97. The van der Waals surface area contributed by atoms with E-state index in [0.717, 1.165) is 44.5 Å². The molecule has 0 radical (unpaired) electrons. The summed E-state index contributed by atoms with van der Waals surface area (Å²) in [6.07, 6.45) is 6.17. The van der Waals surface area contributed by atoms with E-state index in [1.54, 1.807) is 11.0 Å². The highest BCUT2D eigenvalue weighted by Crippen LogP contribution is 2.31. The van der Waals surface area contributed by atoms with Crippen LogP contribution in [0.4, 0.5) is 0 Å². The van der Waals surface area contributed by atoms with Gasteiger partial charge in [-0.1, -0.05) is 18.6 Å². The van der Waals surface area contributed by atoms with Gasteiger partial charge >= 0.3 is 0 Å². The molecule has 2 saturated heterocycles. The molecule has 1 aromatic heterocycles. The van der Waals surface area contributed by atoms with E-state index in [4.69, 9.17) is 0 Å². The van der Waals surface area contributed by atoms with Gasteiger partial charge in [0.15, 0.2) is 0 Å². The van der Waals surface area contributed by atoms with Gasteiger partial charge in [0.1, 0.15) is 19.2 Å². The third-order valence-corrected chi connectivity index (χ3v) is 6.10. The van der Waals surface area contributed by atoms with E-state index in [2.05, 4.69) is 15.0 Å². The molecule has 3 heterocycles. The van der Waals surface area contributed by atoms with Gasteiger partial charge in [0.2, 0.25) is 5.91 Å². The van der Waals surface area contributed by atoms with Crippen molar-refractivity contribution in [3.63, 3.8) is 0 Å². The van der Waals surface area contributed by atoms with Crippen LogP contribution in [0.25, 0.3) is 0 Å². The molecule has 8 nitrogen and oxygen atoms in total. The molecule has 4 rings (SSSR count). The molecule has 2 atom stereocenters. The summed E-state index contributed by atoms with van der Waals surface area (Å²) in [6.45, 7) is 3.12. The normalized spacial score (nSPS) is 21.6. The zero-order valence-electron chi connectivity index (χ0n) is 17.8. The lowest BCUT2D eigenvalue weighted by Crippen LogP contribution is -2.46. The molecule has 0 aliphatic carbocycles. The Kier molecular flexibility index (Phi) is 6.13. The number of hydrogen-bond acceptors (Lipinski definition) is 5. The highest BCUT2D eigenvalue weighted by molar-refractivity contribution is 5.94. The monoisotopic (exact) mass is 410 g/mol. The second-order valence-corrected chi connectivity index (χ2v) is 8.65. The maximum absolute atomic E-state index is 13.1. The molecule has 2 fully saturated rings. The average molecular weight is 411 g/mol. The minimum atomic E-state index is 0.0553. The lowest BCUT2D eigenvalue weighted by Gasteiger charge is -2.30.